The summed E-state index contributed by atoms with van der Waals surface area (Å²) in [6.45, 7) is 11.7. The summed E-state index contributed by atoms with van der Waals surface area (Å²) < 4.78 is 5.45. The maximum Gasteiger partial charge on any atom is 0.260 e. The number of rotatable bonds is 7. The van der Waals surface area contributed by atoms with E-state index in [1.165, 1.54) is 23.1 Å². The summed E-state index contributed by atoms with van der Waals surface area (Å²) >= 11 is 2.92. The number of benzene rings is 1. The molecule has 178 valence electrons. The third kappa shape index (κ3) is 4.78. The number of aromatic nitrogens is 4. The molecule has 2 N–H and O–H groups in total. The Hall–Kier alpha value is -2.98. The van der Waals surface area contributed by atoms with Gasteiger partial charge >= 0.3 is 0 Å². The van der Waals surface area contributed by atoms with Crippen LogP contribution in [0.15, 0.2) is 27.5 Å². The summed E-state index contributed by atoms with van der Waals surface area (Å²) in [6.07, 6.45) is 0. The summed E-state index contributed by atoms with van der Waals surface area (Å²) in [5, 5.41) is 7.33. The number of para-hydroxylation sites is 1. The molecule has 0 aliphatic rings. The highest BCUT2D eigenvalue weighted by molar-refractivity contribution is 7.99. The van der Waals surface area contributed by atoms with Crippen LogP contribution < -0.4 is 10.9 Å². The highest BCUT2D eigenvalue weighted by Crippen LogP contribution is 2.31. The minimum atomic E-state index is -0.380. The van der Waals surface area contributed by atoms with Gasteiger partial charge in [0.1, 0.15) is 10.7 Å². The number of amides is 1. The monoisotopic (exact) mass is 497 g/mol. The van der Waals surface area contributed by atoms with Crippen molar-refractivity contribution in [3.63, 3.8) is 0 Å². The zero-order valence-corrected chi connectivity index (χ0v) is 21.6. The zero-order chi connectivity index (χ0) is 24.6. The van der Waals surface area contributed by atoms with Crippen molar-refractivity contribution >= 4 is 44.9 Å². The molecular formula is C24H27N5O3S2. The zero-order valence-electron chi connectivity index (χ0n) is 20.0. The van der Waals surface area contributed by atoms with Gasteiger partial charge < -0.3 is 14.8 Å². The number of nitrogens with one attached hydrogen (secondary N) is 2. The van der Waals surface area contributed by atoms with Crippen LogP contribution in [0.5, 0.6) is 0 Å². The summed E-state index contributed by atoms with van der Waals surface area (Å²) in [7, 11) is 0. The molecule has 4 rings (SSSR count). The molecule has 0 saturated heterocycles. The van der Waals surface area contributed by atoms with Crippen LogP contribution in [0.4, 0.5) is 5.69 Å². The van der Waals surface area contributed by atoms with E-state index in [2.05, 4.69) is 25.4 Å². The lowest BCUT2D eigenvalue weighted by Crippen LogP contribution is -2.24. The molecule has 0 fully saturated rings. The van der Waals surface area contributed by atoms with E-state index in [4.69, 9.17) is 4.52 Å². The van der Waals surface area contributed by atoms with Crippen LogP contribution in [0.1, 0.15) is 54.3 Å². The molecule has 0 aliphatic carbocycles. The quantitative estimate of drug-likeness (QED) is 0.354. The Morgan fingerprint density at radius 3 is 2.68 bits per heavy atom. The molecule has 10 heteroatoms. The summed E-state index contributed by atoms with van der Waals surface area (Å²) in [6, 6.07) is 5.67. The largest absolute Gasteiger partial charge is 0.334 e. The van der Waals surface area contributed by atoms with Gasteiger partial charge in [0.15, 0.2) is 5.82 Å². The molecule has 0 radical (unpaired) electrons. The third-order valence-corrected chi connectivity index (χ3v) is 7.89. The summed E-state index contributed by atoms with van der Waals surface area (Å²) in [5.41, 5.74) is 3.06. The second kappa shape index (κ2) is 9.71. The van der Waals surface area contributed by atoms with Crippen molar-refractivity contribution in [2.75, 3.05) is 5.32 Å². The van der Waals surface area contributed by atoms with Gasteiger partial charge in [0.25, 0.3) is 11.4 Å². The molecule has 1 aromatic carbocycles. The van der Waals surface area contributed by atoms with Crippen molar-refractivity contribution in [1.82, 2.24) is 20.1 Å². The second-order valence-electron chi connectivity index (χ2n) is 8.53. The molecule has 0 aliphatic heterocycles. The van der Waals surface area contributed by atoms with Gasteiger partial charge in [-0.1, -0.05) is 31.1 Å². The molecular weight excluding hydrogens is 470 g/mol. The standard InChI is InChI=1S/C24H27N5O3S2/c1-11(2)20-28-23(32-29-20)16-9-7-8-12(3)19(16)27-21(30)15(6)33-10-17-25-22(31)18-13(4)14(5)34-24(18)26-17/h7-9,11,15H,10H2,1-6H3,(H,27,30)(H,25,26,31). The second-order valence-corrected chi connectivity index (χ2v) is 11.1. The fourth-order valence-electron chi connectivity index (χ4n) is 3.46. The van der Waals surface area contributed by atoms with Gasteiger partial charge in [-0.3, -0.25) is 9.59 Å². The molecule has 1 amide bonds. The molecule has 3 heterocycles. The van der Waals surface area contributed by atoms with Crippen LogP contribution in [0.3, 0.4) is 0 Å². The SMILES string of the molecule is Cc1cccc(-c2nc(C(C)C)no2)c1NC(=O)C(C)SCc1nc2sc(C)c(C)c2c(=O)[nH]1. The van der Waals surface area contributed by atoms with Crippen molar-refractivity contribution in [3.05, 3.63) is 56.2 Å². The Balaban J connectivity index is 1.49. The molecule has 3 aromatic heterocycles. The molecule has 34 heavy (non-hydrogen) atoms. The number of hydrogen-bond acceptors (Lipinski definition) is 8. The number of thiophene rings is 1. The fraction of sp³-hybridized carbons (Fsp3) is 0.375. The van der Waals surface area contributed by atoms with Crippen LogP contribution in [0, 0.1) is 20.8 Å². The number of carbonyl (C=O) groups is 1. The molecule has 1 unspecified atom stereocenters. The third-order valence-electron chi connectivity index (χ3n) is 5.64. The molecule has 0 spiro atoms. The first-order chi connectivity index (χ1) is 16.2. The number of H-pyrrole nitrogens is 1. The predicted molar refractivity (Wildman–Crippen MR) is 138 cm³/mol. The lowest BCUT2D eigenvalue weighted by Gasteiger charge is -2.15. The van der Waals surface area contributed by atoms with Crippen molar-refractivity contribution in [1.29, 1.82) is 0 Å². The predicted octanol–water partition coefficient (Wildman–Crippen LogP) is 5.34. The van der Waals surface area contributed by atoms with E-state index >= 15 is 0 Å². The number of aromatic amines is 1. The van der Waals surface area contributed by atoms with E-state index in [0.717, 1.165) is 20.8 Å². The van der Waals surface area contributed by atoms with Gasteiger partial charge in [-0.2, -0.15) is 4.98 Å². The smallest absolute Gasteiger partial charge is 0.260 e. The van der Waals surface area contributed by atoms with Crippen molar-refractivity contribution in [2.45, 2.75) is 58.5 Å². The van der Waals surface area contributed by atoms with E-state index in [-0.39, 0.29) is 22.6 Å². The molecule has 4 aromatic rings. The van der Waals surface area contributed by atoms with E-state index < -0.39 is 0 Å². The number of aryl methyl sites for hydroxylation is 3. The summed E-state index contributed by atoms with van der Waals surface area (Å²) in [4.78, 5) is 39.3. The fourth-order valence-corrected chi connectivity index (χ4v) is 5.27. The van der Waals surface area contributed by atoms with Crippen LogP contribution >= 0.6 is 23.1 Å². The maximum absolute atomic E-state index is 13.0. The Kier molecular flexibility index (Phi) is 6.90. The van der Waals surface area contributed by atoms with Gasteiger partial charge in [-0.05, 0) is 44.9 Å². The minimum Gasteiger partial charge on any atom is -0.334 e. The average Bonchev–Trinajstić information content (AvgIpc) is 3.38. The van der Waals surface area contributed by atoms with Gasteiger partial charge in [-0.25, -0.2) is 4.98 Å². The van der Waals surface area contributed by atoms with Crippen molar-refractivity contribution in [3.8, 4) is 11.5 Å². The number of anilines is 1. The molecule has 8 nitrogen and oxygen atoms in total. The average molecular weight is 498 g/mol. The van der Waals surface area contributed by atoms with Crippen LogP contribution in [0.2, 0.25) is 0 Å². The highest BCUT2D eigenvalue weighted by atomic mass is 32.2. The van der Waals surface area contributed by atoms with E-state index in [0.29, 0.717) is 39.9 Å². The highest BCUT2D eigenvalue weighted by Gasteiger charge is 2.21. The number of thioether (sulfide) groups is 1. The Bertz CT molecular complexity index is 1420. The van der Waals surface area contributed by atoms with Gasteiger partial charge in [0.05, 0.1) is 27.6 Å². The number of fused-ring (bicyclic) bond motifs is 1. The maximum atomic E-state index is 13.0. The first-order valence-corrected chi connectivity index (χ1v) is 12.9. The molecule has 1 atom stereocenters. The number of hydrogen-bond donors (Lipinski definition) is 2. The first kappa shape index (κ1) is 24.2. The lowest BCUT2D eigenvalue weighted by atomic mass is 10.1. The van der Waals surface area contributed by atoms with Crippen LogP contribution in [0.25, 0.3) is 21.7 Å². The number of nitrogens with zero attached hydrogens (tertiary/aromatic N) is 3. The number of carbonyl (C=O) groups excluding carboxylic acids is 1. The van der Waals surface area contributed by atoms with E-state index in [1.807, 2.05) is 59.7 Å². The van der Waals surface area contributed by atoms with Gasteiger partial charge in [0, 0.05) is 10.8 Å². The van der Waals surface area contributed by atoms with E-state index in [9.17, 15) is 9.59 Å². The molecule has 0 saturated carbocycles. The topological polar surface area (TPSA) is 114 Å². The molecule has 0 bridgehead atoms. The van der Waals surface area contributed by atoms with Crippen molar-refractivity contribution in [2.24, 2.45) is 0 Å². The first-order valence-electron chi connectivity index (χ1n) is 11.0. The lowest BCUT2D eigenvalue weighted by molar-refractivity contribution is -0.115. The normalized spacial score (nSPS) is 12.4. The van der Waals surface area contributed by atoms with Gasteiger partial charge in [0.2, 0.25) is 5.91 Å². The minimum absolute atomic E-state index is 0.135. The Morgan fingerprint density at radius 2 is 1.97 bits per heavy atom. The Morgan fingerprint density at radius 1 is 1.21 bits per heavy atom. The van der Waals surface area contributed by atoms with Gasteiger partial charge in [-0.15, -0.1) is 23.1 Å². The van der Waals surface area contributed by atoms with Crippen molar-refractivity contribution < 1.29 is 9.32 Å². The van der Waals surface area contributed by atoms with Crippen LogP contribution in [-0.4, -0.2) is 31.3 Å². The Labute approximate surface area is 205 Å². The summed E-state index contributed by atoms with van der Waals surface area (Å²) in [5.74, 6) is 1.95. The van der Waals surface area contributed by atoms with E-state index in [1.54, 1.807) is 0 Å². The van der Waals surface area contributed by atoms with Crippen LogP contribution in [-0.2, 0) is 10.5 Å².